The summed E-state index contributed by atoms with van der Waals surface area (Å²) in [6.07, 6.45) is -0.664. The number of halogens is 2. The smallest absolute Gasteiger partial charge is 0.227 e. The van der Waals surface area contributed by atoms with Crippen molar-refractivity contribution in [3.63, 3.8) is 0 Å². The summed E-state index contributed by atoms with van der Waals surface area (Å²) in [5.74, 6) is 0.537. The van der Waals surface area contributed by atoms with Gasteiger partial charge in [0.15, 0.2) is 5.96 Å². The van der Waals surface area contributed by atoms with Crippen LogP contribution in [0.5, 0.6) is 0 Å². The number of guanidine groups is 1. The summed E-state index contributed by atoms with van der Waals surface area (Å²) in [7, 11) is 0. The summed E-state index contributed by atoms with van der Waals surface area (Å²) in [5.41, 5.74) is -0.599. The fourth-order valence-electron chi connectivity index (χ4n) is 1.89. The lowest BCUT2D eigenvalue weighted by Crippen LogP contribution is -2.42. The van der Waals surface area contributed by atoms with E-state index in [9.17, 15) is 9.90 Å². The van der Waals surface area contributed by atoms with Gasteiger partial charge in [0.25, 0.3) is 0 Å². The number of thiophene rings is 1. The van der Waals surface area contributed by atoms with Crippen molar-refractivity contribution in [3.8, 4) is 0 Å². The molecule has 6 nitrogen and oxygen atoms in total. The Hall–Kier alpha value is -0.580. The number of nitrogens with one attached hydrogen (secondary N) is 3. The van der Waals surface area contributed by atoms with Gasteiger partial charge in [-0.2, -0.15) is 0 Å². The first kappa shape index (κ1) is 24.4. The van der Waals surface area contributed by atoms with Crippen molar-refractivity contribution in [2.24, 2.45) is 10.4 Å². The molecule has 9 heteroatoms. The number of aliphatic imine (C=N–C) groups is 1. The summed E-state index contributed by atoms with van der Waals surface area (Å²) in [6.45, 7) is 9.50. The quantitative estimate of drug-likeness (QED) is 0.250. The topological polar surface area (TPSA) is 85.8 Å². The maximum atomic E-state index is 12.0. The van der Waals surface area contributed by atoms with Crippen LogP contribution >= 0.6 is 46.9 Å². The van der Waals surface area contributed by atoms with Crippen molar-refractivity contribution >= 4 is 58.8 Å². The minimum atomic E-state index is -0.664. The van der Waals surface area contributed by atoms with Crippen LogP contribution in [0.15, 0.2) is 17.1 Å². The van der Waals surface area contributed by atoms with E-state index < -0.39 is 11.5 Å². The third-order valence-electron chi connectivity index (χ3n) is 3.31. The zero-order chi connectivity index (χ0) is 18.2. The van der Waals surface area contributed by atoms with Crippen molar-refractivity contribution in [3.05, 3.63) is 21.3 Å². The second-order valence-corrected chi connectivity index (χ2v) is 7.72. The van der Waals surface area contributed by atoms with E-state index in [0.29, 0.717) is 36.5 Å². The molecule has 0 radical (unpaired) electrons. The van der Waals surface area contributed by atoms with Gasteiger partial charge in [0.2, 0.25) is 5.91 Å². The first-order valence-corrected chi connectivity index (χ1v) is 9.23. The van der Waals surface area contributed by atoms with E-state index in [1.54, 1.807) is 6.07 Å². The normalized spacial score (nSPS) is 13.0. The highest BCUT2D eigenvalue weighted by Crippen LogP contribution is 2.26. The van der Waals surface area contributed by atoms with Crippen molar-refractivity contribution < 1.29 is 9.90 Å². The van der Waals surface area contributed by atoms with Gasteiger partial charge < -0.3 is 21.1 Å². The average Bonchev–Trinajstić information content (AvgIpc) is 2.96. The molecular formula is C16H28ClIN4O2S. The Morgan fingerprint density at radius 3 is 2.44 bits per heavy atom. The van der Waals surface area contributed by atoms with E-state index in [1.165, 1.54) is 11.3 Å². The van der Waals surface area contributed by atoms with Crippen molar-refractivity contribution in [2.45, 2.75) is 33.8 Å². The Kier molecular flexibility index (Phi) is 11.6. The van der Waals surface area contributed by atoms with Crippen LogP contribution in [-0.2, 0) is 4.79 Å². The summed E-state index contributed by atoms with van der Waals surface area (Å²) < 4.78 is 0.647. The Labute approximate surface area is 175 Å². The van der Waals surface area contributed by atoms with E-state index in [4.69, 9.17) is 11.6 Å². The molecule has 0 saturated carbocycles. The standard InChI is InChI=1S/C16H27ClN4O2S.HI/c1-5-18-14(23)16(3,4)10-21-15(19-6-2)20-9-11(22)12-7-8-13(17)24-12;/h7-8,11,22H,5-6,9-10H2,1-4H3,(H,18,23)(H2,19,20,21);1H. The van der Waals surface area contributed by atoms with Crippen molar-refractivity contribution in [2.75, 3.05) is 26.2 Å². The van der Waals surface area contributed by atoms with E-state index in [1.807, 2.05) is 33.8 Å². The highest BCUT2D eigenvalue weighted by Gasteiger charge is 2.26. The molecule has 0 fully saturated rings. The molecule has 1 atom stereocenters. The zero-order valence-corrected chi connectivity index (χ0v) is 19.0. The predicted octanol–water partition coefficient (Wildman–Crippen LogP) is 2.77. The maximum absolute atomic E-state index is 12.0. The summed E-state index contributed by atoms with van der Waals surface area (Å²) in [4.78, 5) is 17.3. The molecule has 1 rings (SSSR count). The fraction of sp³-hybridized carbons (Fsp3) is 0.625. The molecule has 1 aromatic rings. The SMILES string of the molecule is CCNC(=O)C(C)(C)CN=C(NCC)NCC(O)c1ccc(Cl)s1.I. The molecule has 0 aromatic carbocycles. The van der Waals surface area contributed by atoms with Crippen LogP contribution in [0.4, 0.5) is 0 Å². The highest BCUT2D eigenvalue weighted by atomic mass is 127. The van der Waals surface area contributed by atoms with Crippen molar-refractivity contribution in [1.29, 1.82) is 0 Å². The number of hydrogen-bond donors (Lipinski definition) is 4. The lowest BCUT2D eigenvalue weighted by atomic mass is 9.92. The lowest BCUT2D eigenvalue weighted by Gasteiger charge is -2.22. The first-order valence-electron chi connectivity index (χ1n) is 8.04. The Morgan fingerprint density at radius 1 is 1.28 bits per heavy atom. The first-order chi connectivity index (χ1) is 11.3. The molecule has 0 saturated heterocycles. The molecule has 25 heavy (non-hydrogen) atoms. The zero-order valence-electron chi connectivity index (χ0n) is 15.1. The number of carbonyl (C=O) groups is 1. The summed E-state index contributed by atoms with van der Waals surface area (Å²) >= 11 is 7.24. The molecule has 1 heterocycles. The van der Waals surface area contributed by atoms with Gasteiger partial charge in [-0.15, -0.1) is 35.3 Å². The number of carbonyl (C=O) groups excluding carboxylic acids is 1. The number of rotatable bonds is 8. The highest BCUT2D eigenvalue weighted by molar-refractivity contribution is 14.0. The Bertz CT molecular complexity index is 566. The summed E-state index contributed by atoms with van der Waals surface area (Å²) in [5, 5.41) is 19.2. The van der Waals surface area contributed by atoms with Crippen LogP contribution in [0.3, 0.4) is 0 Å². The third kappa shape index (κ3) is 8.57. The Morgan fingerprint density at radius 2 is 1.92 bits per heavy atom. The molecule has 1 aromatic heterocycles. The second-order valence-electron chi connectivity index (χ2n) is 5.98. The van der Waals surface area contributed by atoms with Gasteiger partial charge in [0.05, 0.1) is 16.3 Å². The molecule has 1 unspecified atom stereocenters. The van der Waals surface area contributed by atoms with Gasteiger partial charge >= 0.3 is 0 Å². The predicted molar refractivity (Wildman–Crippen MR) is 116 cm³/mol. The minimum absolute atomic E-state index is 0. The van der Waals surface area contributed by atoms with Crippen LogP contribution in [0.2, 0.25) is 4.34 Å². The summed E-state index contributed by atoms with van der Waals surface area (Å²) in [6, 6.07) is 3.57. The number of amides is 1. The maximum Gasteiger partial charge on any atom is 0.227 e. The molecular weight excluding hydrogens is 475 g/mol. The van der Waals surface area contributed by atoms with Crippen LogP contribution in [0, 0.1) is 5.41 Å². The van der Waals surface area contributed by atoms with Gasteiger partial charge in [-0.05, 0) is 39.8 Å². The average molecular weight is 503 g/mol. The number of hydrogen-bond acceptors (Lipinski definition) is 4. The van der Waals surface area contributed by atoms with Gasteiger partial charge in [0.1, 0.15) is 6.10 Å². The molecule has 0 aliphatic rings. The van der Waals surface area contributed by atoms with Crippen LogP contribution < -0.4 is 16.0 Å². The molecule has 144 valence electrons. The number of aliphatic hydroxyl groups excluding tert-OH is 1. The van der Waals surface area contributed by atoms with Gasteiger partial charge in [-0.25, -0.2) is 0 Å². The minimum Gasteiger partial charge on any atom is -0.386 e. The molecule has 0 aliphatic carbocycles. The monoisotopic (exact) mass is 502 g/mol. The van der Waals surface area contributed by atoms with Gasteiger partial charge in [-0.1, -0.05) is 11.6 Å². The second kappa shape index (κ2) is 11.9. The number of nitrogens with zero attached hydrogens (tertiary/aromatic N) is 1. The largest absolute Gasteiger partial charge is 0.386 e. The molecule has 0 bridgehead atoms. The van der Waals surface area contributed by atoms with Crippen molar-refractivity contribution in [1.82, 2.24) is 16.0 Å². The molecule has 0 aliphatic heterocycles. The Balaban J connectivity index is 0.00000576. The molecule has 1 amide bonds. The number of aliphatic hydroxyl groups is 1. The van der Waals surface area contributed by atoms with E-state index in [-0.39, 0.29) is 29.9 Å². The van der Waals surface area contributed by atoms with E-state index >= 15 is 0 Å². The van der Waals surface area contributed by atoms with E-state index in [2.05, 4.69) is 20.9 Å². The molecule has 4 N–H and O–H groups in total. The van der Waals surface area contributed by atoms with Gasteiger partial charge in [0, 0.05) is 24.5 Å². The van der Waals surface area contributed by atoms with Gasteiger partial charge in [-0.3, -0.25) is 9.79 Å². The molecule has 0 spiro atoms. The lowest BCUT2D eigenvalue weighted by molar-refractivity contribution is -0.128. The van der Waals surface area contributed by atoms with E-state index in [0.717, 1.165) is 4.88 Å². The third-order valence-corrected chi connectivity index (χ3v) is 4.65. The van der Waals surface area contributed by atoms with Crippen LogP contribution in [-0.4, -0.2) is 43.2 Å². The van der Waals surface area contributed by atoms with Crippen LogP contribution in [0.1, 0.15) is 38.7 Å². The van der Waals surface area contributed by atoms with Crippen LogP contribution in [0.25, 0.3) is 0 Å². The fourth-order valence-corrected chi connectivity index (χ4v) is 2.94.